The lowest BCUT2D eigenvalue weighted by atomic mass is 9.99. The quantitative estimate of drug-likeness (QED) is 0.857. The Balaban J connectivity index is 1.60. The minimum atomic E-state index is -0.156. The van der Waals surface area contributed by atoms with Crippen molar-refractivity contribution in [2.45, 2.75) is 32.1 Å². The number of phenols is 1. The number of likely N-dealkylation sites (tertiary alicyclic amines) is 1. The van der Waals surface area contributed by atoms with Crippen molar-refractivity contribution in [3.8, 4) is 5.75 Å². The van der Waals surface area contributed by atoms with E-state index in [4.69, 9.17) is 4.74 Å². The van der Waals surface area contributed by atoms with Crippen molar-refractivity contribution in [1.29, 1.82) is 0 Å². The number of nitrogens with zero attached hydrogens (tertiary/aromatic N) is 4. The van der Waals surface area contributed by atoms with Crippen LogP contribution in [0.5, 0.6) is 5.75 Å². The fourth-order valence-electron chi connectivity index (χ4n) is 3.36. The van der Waals surface area contributed by atoms with Crippen molar-refractivity contribution >= 4 is 5.91 Å². The molecule has 0 saturated carbocycles. The summed E-state index contributed by atoms with van der Waals surface area (Å²) in [6.45, 7) is 3.53. The maximum absolute atomic E-state index is 12.8. The number of rotatable bonds is 1. The highest BCUT2D eigenvalue weighted by molar-refractivity contribution is 5.97. The molecule has 1 aromatic heterocycles. The molecule has 1 fully saturated rings. The van der Waals surface area contributed by atoms with Crippen LogP contribution in [0.4, 0.5) is 0 Å². The summed E-state index contributed by atoms with van der Waals surface area (Å²) >= 11 is 0. The Hall–Kier alpha value is -2.41. The number of amides is 1. The summed E-state index contributed by atoms with van der Waals surface area (Å²) in [5.41, 5.74) is 2.22. The molecule has 1 N–H and O–H groups in total. The fraction of sp³-hybridized carbons (Fsp3) is 0.438. The number of hydrogen-bond donors (Lipinski definition) is 1. The van der Waals surface area contributed by atoms with Crippen LogP contribution in [0.2, 0.25) is 0 Å². The van der Waals surface area contributed by atoms with Gasteiger partial charge in [-0.1, -0.05) is 16.8 Å². The first-order chi connectivity index (χ1) is 11.1. The van der Waals surface area contributed by atoms with Crippen LogP contribution < -0.4 is 0 Å². The van der Waals surface area contributed by atoms with Crippen molar-refractivity contribution in [2.24, 2.45) is 0 Å². The van der Waals surface area contributed by atoms with Gasteiger partial charge in [0.2, 0.25) is 0 Å². The number of hydrogen-bond acceptors (Lipinski definition) is 5. The highest BCUT2D eigenvalue weighted by atomic mass is 16.5. The number of aromatic nitrogens is 3. The van der Waals surface area contributed by atoms with E-state index in [-0.39, 0.29) is 23.8 Å². The largest absolute Gasteiger partial charge is 0.507 e. The van der Waals surface area contributed by atoms with Crippen LogP contribution in [0.3, 0.4) is 0 Å². The van der Waals surface area contributed by atoms with Crippen LogP contribution in [0.25, 0.3) is 0 Å². The SMILES string of the molecule is Cc1ccc(O)c(C(=O)N2CC[C@@H]3OCc4cnnn4[C@@H]3C2)c1. The zero-order chi connectivity index (χ0) is 16.0. The maximum Gasteiger partial charge on any atom is 0.257 e. The number of aromatic hydroxyl groups is 1. The first kappa shape index (κ1) is 14.2. The minimum absolute atomic E-state index is 0.0177. The lowest BCUT2D eigenvalue weighted by Gasteiger charge is -2.41. The molecule has 4 rings (SSSR count). The van der Waals surface area contributed by atoms with Gasteiger partial charge in [0.05, 0.1) is 36.2 Å². The average Bonchev–Trinajstić information content (AvgIpc) is 3.05. The Morgan fingerprint density at radius 3 is 3.17 bits per heavy atom. The molecule has 2 atom stereocenters. The van der Waals surface area contributed by atoms with Gasteiger partial charge in [-0.2, -0.15) is 0 Å². The molecule has 0 spiro atoms. The zero-order valence-electron chi connectivity index (χ0n) is 12.8. The third kappa shape index (κ3) is 2.37. The summed E-state index contributed by atoms with van der Waals surface area (Å²) in [5, 5.41) is 18.1. The van der Waals surface area contributed by atoms with E-state index in [9.17, 15) is 9.90 Å². The molecule has 0 bridgehead atoms. The normalized spacial score (nSPS) is 23.3. The molecule has 3 heterocycles. The van der Waals surface area contributed by atoms with E-state index in [2.05, 4.69) is 10.3 Å². The van der Waals surface area contributed by atoms with Crippen molar-refractivity contribution in [1.82, 2.24) is 19.9 Å². The molecular weight excluding hydrogens is 296 g/mol. The average molecular weight is 314 g/mol. The third-order valence-electron chi connectivity index (χ3n) is 4.60. The summed E-state index contributed by atoms with van der Waals surface area (Å²) in [5.74, 6) is -0.138. The lowest BCUT2D eigenvalue weighted by Crippen LogP contribution is -2.49. The monoisotopic (exact) mass is 314 g/mol. The first-order valence-corrected chi connectivity index (χ1v) is 7.73. The highest BCUT2D eigenvalue weighted by Crippen LogP contribution is 2.31. The van der Waals surface area contributed by atoms with Crippen LogP contribution in [0, 0.1) is 6.92 Å². The second-order valence-corrected chi connectivity index (χ2v) is 6.15. The van der Waals surface area contributed by atoms with Crippen LogP contribution in [-0.4, -0.2) is 50.1 Å². The molecule has 7 heteroatoms. The van der Waals surface area contributed by atoms with Gasteiger partial charge in [0.1, 0.15) is 5.75 Å². The van der Waals surface area contributed by atoms with Crippen molar-refractivity contribution in [3.63, 3.8) is 0 Å². The number of fused-ring (bicyclic) bond motifs is 3. The van der Waals surface area contributed by atoms with E-state index < -0.39 is 0 Å². The first-order valence-electron chi connectivity index (χ1n) is 7.73. The molecule has 7 nitrogen and oxygen atoms in total. The van der Waals surface area contributed by atoms with Gasteiger partial charge < -0.3 is 14.7 Å². The van der Waals surface area contributed by atoms with Crippen molar-refractivity contribution < 1.29 is 14.6 Å². The van der Waals surface area contributed by atoms with Gasteiger partial charge in [-0.15, -0.1) is 5.10 Å². The zero-order valence-corrected chi connectivity index (χ0v) is 12.8. The van der Waals surface area contributed by atoms with Gasteiger partial charge >= 0.3 is 0 Å². The molecule has 0 unspecified atom stereocenters. The summed E-state index contributed by atoms with van der Waals surface area (Å²) in [6.07, 6.45) is 2.51. The Morgan fingerprint density at radius 1 is 1.43 bits per heavy atom. The van der Waals surface area contributed by atoms with Gasteiger partial charge in [0.15, 0.2) is 0 Å². The predicted molar refractivity (Wildman–Crippen MR) is 81.0 cm³/mol. The Labute approximate surface area is 133 Å². The Kier molecular flexibility index (Phi) is 3.30. The summed E-state index contributed by atoms with van der Waals surface area (Å²) < 4.78 is 7.72. The lowest BCUT2D eigenvalue weighted by molar-refractivity contribution is -0.0605. The summed E-state index contributed by atoms with van der Waals surface area (Å²) in [4.78, 5) is 14.5. The second-order valence-electron chi connectivity index (χ2n) is 6.15. The van der Waals surface area contributed by atoms with E-state index in [1.165, 1.54) is 0 Å². The van der Waals surface area contributed by atoms with Gasteiger partial charge in [-0.25, -0.2) is 4.68 Å². The fourth-order valence-corrected chi connectivity index (χ4v) is 3.36. The molecular formula is C16H18N4O3. The number of piperidine rings is 1. The van der Waals surface area contributed by atoms with Crippen LogP contribution in [-0.2, 0) is 11.3 Å². The number of phenolic OH excluding ortho intramolecular Hbond substituents is 1. The molecule has 2 aliphatic heterocycles. The molecule has 0 radical (unpaired) electrons. The summed E-state index contributed by atoms with van der Waals surface area (Å²) in [6, 6.07) is 5.05. The van der Waals surface area contributed by atoms with E-state index >= 15 is 0 Å². The highest BCUT2D eigenvalue weighted by Gasteiger charge is 2.38. The van der Waals surface area contributed by atoms with E-state index in [1.807, 2.05) is 11.6 Å². The topological polar surface area (TPSA) is 80.5 Å². The number of carbonyl (C=O) groups is 1. The Bertz CT molecular complexity index is 758. The van der Waals surface area contributed by atoms with E-state index in [1.54, 1.807) is 29.3 Å². The van der Waals surface area contributed by atoms with Crippen molar-refractivity contribution in [2.75, 3.05) is 13.1 Å². The van der Waals surface area contributed by atoms with Crippen LogP contribution in [0.15, 0.2) is 24.4 Å². The summed E-state index contributed by atoms with van der Waals surface area (Å²) in [7, 11) is 0. The van der Waals surface area contributed by atoms with Gasteiger partial charge in [0, 0.05) is 13.1 Å². The molecule has 2 aliphatic rings. The third-order valence-corrected chi connectivity index (χ3v) is 4.60. The number of carbonyl (C=O) groups excluding carboxylic acids is 1. The molecule has 1 aromatic carbocycles. The molecule has 23 heavy (non-hydrogen) atoms. The number of aryl methyl sites for hydroxylation is 1. The molecule has 120 valence electrons. The molecule has 1 amide bonds. The molecule has 1 saturated heterocycles. The van der Waals surface area contributed by atoms with Crippen LogP contribution in [0.1, 0.15) is 34.1 Å². The van der Waals surface area contributed by atoms with E-state index in [0.717, 1.165) is 17.7 Å². The standard InChI is InChI=1S/C16H18N4O3/c1-10-2-3-14(21)12(6-10)16(22)19-5-4-15-13(8-19)20-11(9-23-15)7-17-18-20/h2-3,6-7,13,15,21H,4-5,8-9H2,1H3/t13-,15+/m1/s1. The number of ether oxygens (including phenoxy) is 1. The predicted octanol–water partition coefficient (Wildman–Crippen LogP) is 1.28. The second kappa shape index (κ2) is 5.34. The van der Waals surface area contributed by atoms with Crippen molar-refractivity contribution in [3.05, 3.63) is 41.2 Å². The molecule has 0 aliphatic carbocycles. The van der Waals surface area contributed by atoms with Gasteiger partial charge in [0.25, 0.3) is 5.91 Å². The number of benzene rings is 1. The van der Waals surface area contributed by atoms with Crippen LogP contribution >= 0.6 is 0 Å². The smallest absolute Gasteiger partial charge is 0.257 e. The Morgan fingerprint density at radius 2 is 2.30 bits per heavy atom. The van der Waals surface area contributed by atoms with Gasteiger partial charge in [-0.05, 0) is 25.5 Å². The van der Waals surface area contributed by atoms with E-state index in [0.29, 0.717) is 25.3 Å². The molecule has 2 aromatic rings. The minimum Gasteiger partial charge on any atom is -0.507 e. The maximum atomic E-state index is 12.8. The van der Waals surface area contributed by atoms with Gasteiger partial charge in [-0.3, -0.25) is 4.79 Å².